The number of amides is 1. The van der Waals surface area contributed by atoms with Gasteiger partial charge in [0, 0.05) is 16.6 Å². The number of rotatable bonds is 4. The summed E-state index contributed by atoms with van der Waals surface area (Å²) in [6.07, 6.45) is 0. The van der Waals surface area contributed by atoms with E-state index in [1.807, 2.05) is 61.5 Å². The van der Waals surface area contributed by atoms with E-state index in [0.29, 0.717) is 12.2 Å². The molecule has 0 aromatic heterocycles. The van der Waals surface area contributed by atoms with Crippen LogP contribution >= 0.6 is 0 Å². The third kappa shape index (κ3) is 2.93. The van der Waals surface area contributed by atoms with Gasteiger partial charge in [0.2, 0.25) is 0 Å². The number of benzene rings is 3. The van der Waals surface area contributed by atoms with Crippen LogP contribution in [0.25, 0.3) is 10.8 Å². The van der Waals surface area contributed by atoms with Crippen molar-refractivity contribution in [2.24, 2.45) is 0 Å². The first-order valence-electron chi connectivity index (χ1n) is 7.30. The number of carbonyl (C=O) groups excluding carboxylic acids is 1. The van der Waals surface area contributed by atoms with Crippen molar-refractivity contribution in [3.05, 3.63) is 72.3 Å². The molecule has 0 unspecified atom stereocenters. The fourth-order valence-electron chi connectivity index (χ4n) is 2.40. The van der Waals surface area contributed by atoms with Crippen molar-refractivity contribution in [3.8, 4) is 5.75 Å². The molecule has 1 amide bonds. The zero-order chi connectivity index (χ0) is 15.4. The zero-order valence-electron chi connectivity index (χ0n) is 12.4. The summed E-state index contributed by atoms with van der Waals surface area (Å²) < 4.78 is 5.38. The van der Waals surface area contributed by atoms with Crippen molar-refractivity contribution in [3.63, 3.8) is 0 Å². The molecular weight excluding hydrogens is 274 g/mol. The highest BCUT2D eigenvalue weighted by Gasteiger charge is 2.08. The highest BCUT2D eigenvalue weighted by atomic mass is 16.5. The minimum atomic E-state index is -0.126. The molecule has 1 N–H and O–H groups in total. The topological polar surface area (TPSA) is 38.3 Å². The molecule has 0 aliphatic carbocycles. The molecule has 0 radical (unpaired) electrons. The Kier molecular flexibility index (Phi) is 4.05. The average Bonchev–Trinajstić information content (AvgIpc) is 2.56. The summed E-state index contributed by atoms with van der Waals surface area (Å²) in [4.78, 5) is 12.4. The maximum Gasteiger partial charge on any atom is 0.255 e. The molecule has 3 aromatic rings. The first kappa shape index (κ1) is 14.1. The number of anilines is 1. The molecule has 22 heavy (non-hydrogen) atoms. The van der Waals surface area contributed by atoms with Gasteiger partial charge < -0.3 is 10.1 Å². The fraction of sp³-hybridized carbons (Fsp3) is 0.105. The molecule has 0 bridgehead atoms. The molecule has 0 fully saturated rings. The summed E-state index contributed by atoms with van der Waals surface area (Å²) in [5, 5.41) is 5.11. The van der Waals surface area contributed by atoms with Gasteiger partial charge >= 0.3 is 0 Å². The van der Waals surface area contributed by atoms with Gasteiger partial charge in [-0.05, 0) is 42.6 Å². The van der Waals surface area contributed by atoms with Gasteiger partial charge in [-0.1, -0.05) is 36.4 Å². The van der Waals surface area contributed by atoms with Gasteiger partial charge in [-0.25, -0.2) is 0 Å². The minimum Gasteiger partial charge on any atom is -0.494 e. The van der Waals surface area contributed by atoms with Crippen molar-refractivity contribution in [2.45, 2.75) is 6.92 Å². The fourth-order valence-corrected chi connectivity index (χ4v) is 2.40. The summed E-state index contributed by atoms with van der Waals surface area (Å²) in [6.45, 7) is 2.54. The predicted molar refractivity (Wildman–Crippen MR) is 89.5 cm³/mol. The lowest BCUT2D eigenvalue weighted by atomic mass is 10.1. The molecular formula is C19H17NO2. The van der Waals surface area contributed by atoms with E-state index in [1.165, 1.54) is 0 Å². The molecule has 3 heteroatoms. The van der Waals surface area contributed by atoms with E-state index in [4.69, 9.17) is 4.74 Å². The van der Waals surface area contributed by atoms with Crippen LogP contribution in [0.15, 0.2) is 66.7 Å². The molecule has 0 aliphatic rings. The Labute approximate surface area is 129 Å². The van der Waals surface area contributed by atoms with Gasteiger partial charge in [0.25, 0.3) is 5.91 Å². The number of carbonyl (C=O) groups is 1. The van der Waals surface area contributed by atoms with E-state index in [0.717, 1.165) is 22.2 Å². The average molecular weight is 291 g/mol. The van der Waals surface area contributed by atoms with Gasteiger partial charge in [-0.3, -0.25) is 4.79 Å². The van der Waals surface area contributed by atoms with Crippen LogP contribution in [0, 0.1) is 0 Å². The van der Waals surface area contributed by atoms with Crippen LogP contribution in [0.1, 0.15) is 17.3 Å². The Morgan fingerprint density at radius 3 is 2.45 bits per heavy atom. The third-order valence-corrected chi connectivity index (χ3v) is 3.47. The first-order chi connectivity index (χ1) is 10.8. The molecule has 3 nitrogen and oxygen atoms in total. The maximum atomic E-state index is 12.4. The Bertz CT molecular complexity index is 789. The Morgan fingerprint density at radius 1 is 0.955 bits per heavy atom. The van der Waals surface area contributed by atoms with Crippen LogP contribution in [-0.2, 0) is 0 Å². The van der Waals surface area contributed by atoms with Crippen molar-refractivity contribution in [1.29, 1.82) is 0 Å². The standard InChI is InChI=1S/C19H17NO2/c1-2-22-16-12-10-15(11-13-16)19(21)20-18-9-5-7-14-6-3-4-8-17(14)18/h3-13H,2H2,1H3,(H,20,21). The van der Waals surface area contributed by atoms with E-state index in [1.54, 1.807) is 12.1 Å². The summed E-state index contributed by atoms with van der Waals surface area (Å²) in [5.74, 6) is 0.642. The molecule has 0 heterocycles. The van der Waals surface area contributed by atoms with Gasteiger partial charge in [0.15, 0.2) is 0 Å². The third-order valence-electron chi connectivity index (χ3n) is 3.47. The van der Waals surface area contributed by atoms with E-state index in [-0.39, 0.29) is 5.91 Å². The molecule has 3 rings (SSSR count). The second-order valence-corrected chi connectivity index (χ2v) is 4.94. The predicted octanol–water partition coefficient (Wildman–Crippen LogP) is 4.49. The van der Waals surface area contributed by atoms with E-state index < -0.39 is 0 Å². The van der Waals surface area contributed by atoms with Crippen molar-refractivity contribution in [2.75, 3.05) is 11.9 Å². The number of nitrogens with one attached hydrogen (secondary N) is 1. The van der Waals surface area contributed by atoms with Crippen molar-refractivity contribution >= 4 is 22.4 Å². The van der Waals surface area contributed by atoms with E-state index >= 15 is 0 Å². The molecule has 3 aromatic carbocycles. The lowest BCUT2D eigenvalue weighted by molar-refractivity contribution is 0.102. The molecule has 0 atom stereocenters. The largest absolute Gasteiger partial charge is 0.494 e. The normalized spacial score (nSPS) is 10.4. The van der Waals surface area contributed by atoms with Gasteiger partial charge in [-0.2, -0.15) is 0 Å². The highest BCUT2D eigenvalue weighted by molar-refractivity contribution is 6.09. The first-order valence-corrected chi connectivity index (χ1v) is 7.30. The van der Waals surface area contributed by atoms with Crippen molar-refractivity contribution < 1.29 is 9.53 Å². The van der Waals surface area contributed by atoms with Crippen LogP contribution in [0.5, 0.6) is 5.75 Å². The molecule has 0 aliphatic heterocycles. The SMILES string of the molecule is CCOc1ccc(C(=O)Nc2cccc3ccccc23)cc1. The number of ether oxygens (including phenoxy) is 1. The van der Waals surface area contributed by atoms with Gasteiger partial charge in [0.1, 0.15) is 5.75 Å². The lowest BCUT2D eigenvalue weighted by Crippen LogP contribution is -2.12. The maximum absolute atomic E-state index is 12.4. The van der Waals surface area contributed by atoms with Gasteiger partial charge in [0.05, 0.1) is 6.61 Å². The Morgan fingerprint density at radius 2 is 1.68 bits per heavy atom. The summed E-state index contributed by atoms with van der Waals surface area (Å²) in [7, 11) is 0. The highest BCUT2D eigenvalue weighted by Crippen LogP contribution is 2.23. The molecule has 0 saturated heterocycles. The van der Waals surface area contributed by atoms with Crippen LogP contribution < -0.4 is 10.1 Å². The molecule has 0 saturated carbocycles. The molecule has 0 spiro atoms. The Hall–Kier alpha value is -2.81. The quantitative estimate of drug-likeness (QED) is 0.769. The smallest absolute Gasteiger partial charge is 0.255 e. The summed E-state index contributed by atoms with van der Waals surface area (Å²) in [6, 6.07) is 21.0. The summed E-state index contributed by atoms with van der Waals surface area (Å²) >= 11 is 0. The zero-order valence-corrected chi connectivity index (χ0v) is 12.4. The van der Waals surface area contributed by atoms with Crippen LogP contribution in [0.4, 0.5) is 5.69 Å². The van der Waals surface area contributed by atoms with Gasteiger partial charge in [-0.15, -0.1) is 0 Å². The second kappa shape index (κ2) is 6.31. The van der Waals surface area contributed by atoms with E-state index in [2.05, 4.69) is 5.32 Å². The van der Waals surface area contributed by atoms with E-state index in [9.17, 15) is 4.79 Å². The number of hydrogen-bond acceptors (Lipinski definition) is 2. The second-order valence-electron chi connectivity index (χ2n) is 4.94. The lowest BCUT2D eigenvalue weighted by Gasteiger charge is -2.09. The molecule has 110 valence electrons. The monoisotopic (exact) mass is 291 g/mol. The van der Waals surface area contributed by atoms with Crippen LogP contribution in [0.3, 0.4) is 0 Å². The summed E-state index contributed by atoms with van der Waals surface area (Å²) in [5.41, 5.74) is 1.42. The number of fused-ring (bicyclic) bond motifs is 1. The Balaban J connectivity index is 1.83. The van der Waals surface area contributed by atoms with Crippen molar-refractivity contribution in [1.82, 2.24) is 0 Å². The minimum absolute atomic E-state index is 0.126. The van der Waals surface area contributed by atoms with Crippen LogP contribution in [-0.4, -0.2) is 12.5 Å². The van der Waals surface area contributed by atoms with Crippen LogP contribution in [0.2, 0.25) is 0 Å². The number of hydrogen-bond donors (Lipinski definition) is 1.